The number of carbonyl (C=O) groups excluding carboxylic acids is 1. The van der Waals surface area contributed by atoms with Gasteiger partial charge in [0.05, 0.1) is 11.6 Å². The summed E-state index contributed by atoms with van der Waals surface area (Å²) in [5.74, 6) is 1.64. The number of rotatable bonds is 4. The average molecular weight is 450 g/mol. The normalized spacial score (nSPS) is 18.1. The summed E-state index contributed by atoms with van der Waals surface area (Å²) in [6.07, 6.45) is -2.77. The van der Waals surface area contributed by atoms with Crippen LogP contribution in [0.3, 0.4) is 0 Å². The van der Waals surface area contributed by atoms with Crippen molar-refractivity contribution in [2.24, 2.45) is 0 Å². The molecule has 1 amide bonds. The molecule has 1 fully saturated rings. The van der Waals surface area contributed by atoms with E-state index in [1.54, 1.807) is 18.2 Å². The highest BCUT2D eigenvalue weighted by Crippen LogP contribution is 2.33. The molecule has 1 aromatic heterocycles. The molecular formula is C22H25F3N4O3. The van der Waals surface area contributed by atoms with Gasteiger partial charge in [-0.05, 0) is 37.6 Å². The van der Waals surface area contributed by atoms with Crippen LogP contribution in [0.2, 0.25) is 0 Å². The smallest absolute Gasteiger partial charge is 0.417 e. The molecule has 0 spiro atoms. The first-order valence-electron chi connectivity index (χ1n) is 10.5. The highest BCUT2D eigenvalue weighted by Gasteiger charge is 2.31. The molecule has 2 aromatic rings. The predicted molar refractivity (Wildman–Crippen MR) is 113 cm³/mol. The standard InChI is InChI=1S/C22H25F3N4O3/c1-15(21(30)27-17-4-5-18-19(13-17)32-12-11-31-18)28-7-2-8-29(10-9-28)20-6-3-16(14-26-20)22(23,24)25/h3-6,13-15H,2,7-12H2,1H3,(H,27,30)/t15-/m0/s1. The van der Waals surface area contributed by atoms with Gasteiger partial charge in [-0.3, -0.25) is 9.69 Å². The van der Waals surface area contributed by atoms with Crippen LogP contribution in [0.25, 0.3) is 0 Å². The Morgan fingerprint density at radius 2 is 1.84 bits per heavy atom. The maximum atomic E-state index is 12.8. The van der Waals surface area contributed by atoms with Gasteiger partial charge >= 0.3 is 6.18 Å². The molecule has 7 nitrogen and oxygen atoms in total. The van der Waals surface area contributed by atoms with E-state index in [0.717, 1.165) is 18.7 Å². The van der Waals surface area contributed by atoms with Crippen LogP contribution in [-0.4, -0.2) is 61.2 Å². The third kappa shape index (κ3) is 5.07. The molecule has 3 heterocycles. The van der Waals surface area contributed by atoms with E-state index in [-0.39, 0.29) is 11.9 Å². The number of amides is 1. The van der Waals surface area contributed by atoms with Gasteiger partial charge in [0.25, 0.3) is 0 Å². The molecule has 0 unspecified atom stereocenters. The molecular weight excluding hydrogens is 425 g/mol. The van der Waals surface area contributed by atoms with Gasteiger partial charge in [0.2, 0.25) is 5.91 Å². The molecule has 0 saturated carbocycles. The van der Waals surface area contributed by atoms with Gasteiger partial charge in [0.15, 0.2) is 11.5 Å². The summed E-state index contributed by atoms with van der Waals surface area (Å²) in [7, 11) is 0. The maximum Gasteiger partial charge on any atom is 0.417 e. The van der Waals surface area contributed by atoms with E-state index in [4.69, 9.17) is 9.47 Å². The number of hydrogen-bond donors (Lipinski definition) is 1. The molecule has 1 atom stereocenters. The number of halogens is 3. The number of carbonyl (C=O) groups is 1. The number of fused-ring (bicyclic) bond motifs is 1. The molecule has 4 rings (SSSR count). The first kappa shape index (κ1) is 22.2. The van der Waals surface area contributed by atoms with Crippen molar-refractivity contribution >= 4 is 17.4 Å². The summed E-state index contributed by atoms with van der Waals surface area (Å²) in [4.78, 5) is 20.8. The van der Waals surface area contributed by atoms with Crippen LogP contribution in [0.4, 0.5) is 24.7 Å². The van der Waals surface area contributed by atoms with Gasteiger partial charge in [-0.1, -0.05) is 0 Å². The van der Waals surface area contributed by atoms with Crippen LogP contribution in [0, 0.1) is 0 Å². The lowest BCUT2D eigenvalue weighted by atomic mass is 10.2. The molecule has 2 aliphatic rings. The van der Waals surface area contributed by atoms with Crippen molar-refractivity contribution in [1.82, 2.24) is 9.88 Å². The van der Waals surface area contributed by atoms with Crippen LogP contribution in [0.1, 0.15) is 18.9 Å². The molecule has 172 valence electrons. The molecule has 32 heavy (non-hydrogen) atoms. The van der Waals surface area contributed by atoms with Crippen LogP contribution in [0.5, 0.6) is 11.5 Å². The Kier molecular flexibility index (Phi) is 6.40. The van der Waals surface area contributed by atoms with Crippen molar-refractivity contribution in [2.75, 3.05) is 49.6 Å². The maximum absolute atomic E-state index is 12.8. The SMILES string of the molecule is C[C@@H](C(=O)Nc1ccc2c(c1)OCCO2)N1CCCN(c2ccc(C(F)(F)F)cn2)CC1. The molecule has 1 saturated heterocycles. The topological polar surface area (TPSA) is 66.9 Å². The van der Waals surface area contributed by atoms with Gasteiger partial charge in [0.1, 0.15) is 19.0 Å². The zero-order valence-electron chi connectivity index (χ0n) is 17.7. The molecule has 1 aromatic carbocycles. The van der Waals surface area contributed by atoms with Gasteiger partial charge < -0.3 is 19.7 Å². The minimum Gasteiger partial charge on any atom is -0.486 e. The zero-order chi connectivity index (χ0) is 22.7. The van der Waals surface area contributed by atoms with Crippen molar-refractivity contribution < 1.29 is 27.4 Å². The van der Waals surface area contributed by atoms with Gasteiger partial charge in [0, 0.05) is 44.1 Å². The Bertz CT molecular complexity index is 952. The van der Waals surface area contributed by atoms with E-state index in [9.17, 15) is 18.0 Å². The highest BCUT2D eigenvalue weighted by molar-refractivity contribution is 5.94. The van der Waals surface area contributed by atoms with Crippen LogP contribution < -0.4 is 19.7 Å². The second kappa shape index (κ2) is 9.23. The summed E-state index contributed by atoms with van der Waals surface area (Å²) < 4.78 is 49.4. The summed E-state index contributed by atoms with van der Waals surface area (Å²) >= 11 is 0. The molecule has 1 N–H and O–H groups in total. The molecule has 10 heteroatoms. The van der Waals surface area contributed by atoms with Crippen molar-refractivity contribution in [1.29, 1.82) is 0 Å². The second-order valence-corrected chi connectivity index (χ2v) is 7.80. The predicted octanol–water partition coefficient (Wildman–Crippen LogP) is 3.41. The minimum atomic E-state index is -4.40. The number of hydrogen-bond acceptors (Lipinski definition) is 6. The zero-order valence-corrected chi connectivity index (χ0v) is 17.7. The number of aromatic nitrogens is 1. The van der Waals surface area contributed by atoms with Crippen molar-refractivity contribution in [2.45, 2.75) is 25.6 Å². The Morgan fingerprint density at radius 1 is 1.06 bits per heavy atom. The van der Waals surface area contributed by atoms with Crippen LogP contribution in [0.15, 0.2) is 36.5 Å². The average Bonchev–Trinajstić information content (AvgIpc) is 3.04. The molecule has 0 aliphatic carbocycles. The Labute approximate surface area is 184 Å². The molecule has 0 radical (unpaired) electrons. The number of alkyl halides is 3. The van der Waals surface area contributed by atoms with Crippen molar-refractivity contribution in [3.8, 4) is 11.5 Å². The lowest BCUT2D eigenvalue weighted by Gasteiger charge is -2.27. The summed E-state index contributed by atoms with van der Waals surface area (Å²) in [6.45, 7) is 5.35. The Hall–Kier alpha value is -3.01. The number of anilines is 2. The third-order valence-electron chi connectivity index (χ3n) is 5.67. The third-order valence-corrected chi connectivity index (χ3v) is 5.67. The molecule has 2 aliphatic heterocycles. The quantitative estimate of drug-likeness (QED) is 0.770. The second-order valence-electron chi connectivity index (χ2n) is 7.80. The van der Waals surface area contributed by atoms with E-state index >= 15 is 0 Å². The van der Waals surface area contributed by atoms with Crippen LogP contribution in [-0.2, 0) is 11.0 Å². The largest absolute Gasteiger partial charge is 0.486 e. The van der Waals surface area contributed by atoms with E-state index < -0.39 is 11.7 Å². The van der Waals surface area contributed by atoms with Crippen LogP contribution >= 0.6 is 0 Å². The van der Waals surface area contributed by atoms with Crippen molar-refractivity contribution in [3.05, 3.63) is 42.1 Å². The van der Waals surface area contributed by atoms with Crippen molar-refractivity contribution in [3.63, 3.8) is 0 Å². The van der Waals surface area contributed by atoms with Gasteiger partial charge in [-0.2, -0.15) is 13.2 Å². The number of pyridine rings is 1. The lowest BCUT2D eigenvalue weighted by molar-refractivity contribution is -0.137. The van der Waals surface area contributed by atoms with E-state index in [1.165, 1.54) is 6.07 Å². The first-order chi connectivity index (χ1) is 15.3. The highest BCUT2D eigenvalue weighted by atomic mass is 19.4. The first-order valence-corrected chi connectivity index (χ1v) is 10.5. The van der Waals surface area contributed by atoms with E-state index in [1.807, 2.05) is 11.8 Å². The fraction of sp³-hybridized carbons (Fsp3) is 0.455. The summed E-state index contributed by atoms with van der Waals surface area (Å²) in [5.41, 5.74) is -0.126. The fourth-order valence-corrected chi connectivity index (χ4v) is 3.83. The Morgan fingerprint density at radius 3 is 2.56 bits per heavy atom. The Balaban J connectivity index is 1.35. The summed E-state index contributed by atoms with van der Waals surface area (Å²) in [5, 5.41) is 2.92. The number of ether oxygens (including phenoxy) is 2. The van der Waals surface area contributed by atoms with Gasteiger partial charge in [-0.15, -0.1) is 0 Å². The van der Waals surface area contributed by atoms with E-state index in [2.05, 4.69) is 15.2 Å². The number of benzene rings is 1. The number of nitrogens with zero attached hydrogens (tertiary/aromatic N) is 3. The molecule has 0 bridgehead atoms. The summed E-state index contributed by atoms with van der Waals surface area (Å²) in [6, 6.07) is 7.38. The minimum absolute atomic E-state index is 0.136. The number of nitrogens with one attached hydrogen (secondary N) is 1. The van der Waals surface area contributed by atoms with E-state index in [0.29, 0.717) is 62.4 Å². The lowest BCUT2D eigenvalue weighted by Crippen LogP contribution is -2.44. The fourth-order valence-electron chi connectivity index (χ4n) is 3.83. The monoisotopic (exact) mass is 450 g/mol. The van der Waals surface area contributed by atoms with Gasteiger partial charge in [-0.25, -0.2) is 4.98 Å².